The fraction of sp³-hybridized carbons (Fsp3) is 0.350. The number of aromatic nitrogens is 1. The molecule has 0 aliphatic carbocycles. The van der Waals surface area contributed by atoms with Crippen LogP contribution in [0.4, 0.5) is 5.69 Å². The first-order valence-electron chi connectivity index (χ1n) is 9.01. The number of hydrogen-bond donors (Lipinski definition) is 2. The molecule has 8 heteroatoms. The van der Waals surface area contributed by atoms with Gasteiger partial charge in [-0.3, -0.25) is 19.3 Å². The van der Waals surface area contributed by atoms with Gasteiger partial charge < -0.3 is 14.9 Å². The van der Waals surface area contributed by atoms with Gasteiger partial charge in [0.05, 0.1) is 24.5 Å². The van der Waals surface area contributed by atoms with Gasteiger partial charge in [-0.25, -0.2) is 0 Å². The predicted molar refractivity (Wildman–Crippen MR) is 104 cm³/mol. The number of hydrogen-bond acceptors (Lipinski definition) is 7. The van der Waals surface area contributed by atoms with Gasteiger partial charge in [-0.1, -0.05) is 0 Å². The van der Waals surface area contributed by atoms with Crippen LogP contribution in [0.2, 0.25) is 0 Å². The first-order valence-corrected chi connectivity index (χ1v) is 9.01. The van der Waals surface area contributed by atoms with Crippen LogP contribution in [0.3, 0.4) is 0 Å². The maximum absolute atomic E-state index is 12.6. The van der Waals surface area contributed by atoms with Crippen LogP contribution in [-0.4, -0.2) is 58.7 Å². The molecular weight excluding hydrogens is 360 g/mol. The van der Waals surface area contributed by atoms with E-state index in [0.29, 0.717) is 36.6 Å². The van der Waals surface area contributed by atoms with E-state index in [1.54, 1.807) is 19.1 Å². The quantitative estimate of drug-likeness (QED) is 0.759. The predicted octanol–water partition coefficient (Wildman–Crippen LogP) is 1.52. The van der Waals surface area contributed by atoms with Crippen LogP contribution < -0.4 is 5.56 Å². The summed E-state index contributed by atoms with van der Waals surface area (Å²) in [5, 5.41) is 29.5. The maximum atomic E-state index is 12.6. The van der Waals surface area contributed by atoms with Crippen LogP contribution in [0.25, 0.3) is 0 Å². The molecule has 0 saturated carbocycles. The Morgan fingerprint density at radius 3 is 2.54 bits per heavy atom. The highest BCUT2D eigenvalue weighted by molar-refractivity contribution is 5.87. The fourth-order valence-corrected chi connectivity index (χ4v) is 3.08. The van der Waals surface area contributed by atoms with E-state index in [1.165, 1.54) is 22.9 Å². The van der Waals surface area contributed by atoms with Gasteiger partial charge >= 0.3 is 0 Å². The monoisotopic (exact) mass is 382 g/mol. The van der Waals surface area contributed by atoms with E-state index in [9.17, 15) is 20.3 Å². The lowest BCUT2D eigenvalue weighted by atomic mass is 10.1. The number of benzene rings is 1. The number of nitrogens with zero attached hydrogens (tertiary/aromatic N) is 4. The molecule has 0 unspecified atom stereocenters. The summed E-state index contributed by atoms with van der Waals surface area (Å²) in [7, 11) is 0. The average molecular weight is 382 g/mol. The molecule has 0 amide bonds. The van der Waals surface area contributed by atoms with Gasteiger partial charge in [0.15, 0.2) is 0 Å². The topological polar surface area (TPSA) is 111 Å². The molecule has 0 atom stereocenters. The number of phenols is 1. The summed E-state index contributed by atoms with van der Waals surface area (Å²) in [6, 6.07) is 8.19. The van der Waals surface area contributed by atoms with Crippen molar-refractivity contribution >= 4 is 11.9 Å². The van der Waals surface area contributed by atoms with Crippen LogP contribution >= 0.6 is 0 Å². The number of morpholine rings is 1. The second-order valence-electron chi connectivity index (χ2n) is 6.53. The zero-order chi connectivity index (χ0) is 20.1. The van der Waals surface area contributed by atoms with E-state index in [0.717, 1.165) is 13.1 Å². The fourth-order valence-electron chi connectivity index (χ4n) is 3.08. The number of phenolic OH excluding ortho intramolecular Hbond substituents is 1. The van der Waals surface area contributed by atoms with Crippen molar-refractivity contribution in [3.8, 4) is 17.7 Å². The largest absolute Gasteiger partial charge is 0.508 e. The summed E-state index contributed by atoms with van der Waals surface area (Å²) in [6.45, 7) is 5.26. The molecule has 0 bridgehead atoms. The Labute approximate surface area is 162 Å². The van der Waals surface area contributed by atoms with Crippen LogP contribution in [0.1, 0.15) is 16.7 Å². The van der Waals surface area contributed by atoms with Crippen molar-refractivity contribution in [2.45, 2.75) is 13.5 Å². The zero-order valence-electron chi connectivity index (χ0n) is 15.6. The van der Waals surface area contributed by atoms with Crippen molar-refractivity contribution in [2.24, 2.45) is 4.99 Å². The Balaban J connectivity index is 1.93. The van der Waals surface area contributed by atoms with E-state index in [1.807, 2.05) is 6.07 Å². The van der Waals surface area contributed by atoms with E-state index in [-0.39, 0.29) is 23.7 Å². The zero-order valence-corrected chi connectivity index (χ0v) is 15.6. The lowest BCUT2D eigenvalue weighted by molar-refractivity contribution is 0.0360. The first-order chi connectivity index (χ1) is 13.5. The smallest absolute Gasteiger partial charge is 0.271 e. The molecule has 28 heavy (non-hydrogen) atoms. The van der Waals surface area contributed by atoms with Gasteiger partial charge in [-0.2, -0.15) is 5.26 Å². The van der Waals surface area contributed by atoms with Crippen molar-refractivity contribution in [3.63, 3.8) is 0 Å². The van der Waals surface area contributed by atoms with E-state index < -0.39 is 5.56 Å². The van der Waals surface area contributed by atoms with Crippen molar-refractivity contribution in [3.05, 3.63) is 51.3 Å². The van der Waals surface area contributed by atoms with E-state index in [4.69, 9.17) is 4.74 Å². The van der Waals surface area contributed by atoms with Crippen LogP contribution in [0.15, 0.2) is 34.1 Å². The minimum atomic E-state index is -0.507. The summed E-state index contributed by atoms with van der Waals surface area (Å²) in [5.41, 5.74) is 0.766. The van der Waals surface area contributed by atoms with E-state index >= 15 is 0 Å². The summed E-state index contributed by atoms with van der Waals surface area (Å²) in [6.07, 6.45) is 1.43. The van der Waals surface area contributed by atoms with Gasteiger partial charge in [0.25, 0.3) is 5.56 Å². The Morgan fingerprint density at radius 2 is 1.89 bits per heavy atom. The molecule has 2 heterocycles. The van der Waals surface area contributed by atoms with Gasteiger partial charge in [-0.15, -0.1) is 0 Å². The van der Waals surface area contributed by atoms with Crippen LogP contribution in [0, 0.1) is 18.3 Å². The molecular formula is C20H22N4O4. The standard InChI is InChI=1S/C20H22N4O4/c1-14-17(12-21)19(26)24(7-6-23-8-10-28-11-9-23)20(27)18(14)13-22-15-2-4-16(25)5-3-15/h2-5,13,25,27H,6-11H2,1H3. The third kappa shape index (κ3) is 4.22. The lowest BCUT2D eigenvalue weighted by Crippen LogP contribution is -2.39. The number of aromatic hydroxyl groups is 2. The first kappa shape index (κ1) is 19.6. The molecule has 0 spiro atoms. The Kier molecular flexibility index (Phi) is 6.09. The van der Waals surface area contributed by atoms with Crippen molar-refractivity contribution in [1.82, 2.24) is 9.47 Å². The molecule has 2 aromatic rings. The van der Waals surface area contributed by atoms with Gasteiger partial charge in [0.2, 0.25) is 5.88 Å². The molecule has 2 N–H and O–H groups in total. The van der Waals surface area contributed by atoms with Crippen molar-refractivity contribution < 1.29 is 14.9 Å². The maximum Gasteiger partial charge on any atom is 0.271 e. The number of nitriles is 1. The Hall–Kier alpha value is -3.15. The third-order valence-electron chi connectivity index (χ3n) is 4.78. The molecule has 1 fully saturated rings. The summed E-state index contributed by atoms with van der Waals surface area (Å²) in [5.74, 6) is -0.0845. The van der Waals surface area contributed by atoms with E-state index in [2.05, 4.69) is 9.89 Å². The molecule has 1 aromatic carbocycles. The number of aliphatic imine (C=N–C) groups is 1. The average Bonchev–Trinajstić information content (AvgIpc) is 2.70. The Bertz CT molecular complexity index is 968. The molecule has 1 aliphatic heterocycles. The highest BCUT2D eigenvalue weighted by Gasteiger charge is 2.19. The van der Waals surface area contributed by atoms with Gasteiger partial charge in [-0.05, 0) is 36.8 Å². The molecule has 3 rings (SSSR count). The number of pyridine rings is 1. The second-order valence-corrected chi connectivity index (χ2v) is 6.53. The highest BCUT2D eigenvalue weighted by Crippen LogP contribution is 2.22. The van der Waals surface area contributed by atoms with Gasteiger partial charge in [0, 0.05) is 32.4 Å². The lowest BCUT2D eigenvalue weighted by Gasteiger charge is -2.27. The number of ether oxygens (including phenoxy) is 1. The van der Waals surface area contributed by atoms with Crippen molar-refractivity contribution in [1.29, 1.82) is 5.26 Å². The SMILES string of the molecule is Cc1c(C=Nc2ccc(O)cc2)c(O)n(CCN2CCOCC2)c(=O)c1C#N. The molecule has 8 nitrogen and oxygen atoms in total. The molecule has 1 aliphatic rings. The molecule has 146 valence electrons. The minimum absolute atomic E-state index is 0.00747. The molecule has 0 radical (unpaired) electrons. The number of rotatable bonds is 5. The molecule has 1 aromatic heterocycles. The summed E-state index contributed by atoms with van der Waals surface area (Å²) in [4.78, 5) is 19.1. The summed E-state index contributed by atoms with van der Waals surface area (Å²) >= 11 is 0. The minimum Gasteiger partial charge on any atom is -0.508 e. The third-order valence-corrected chi connectivity index (χ3v) is 4.78. The normalized spacial score (nSPS) is 15.0. The molecule has 1 saturated heterocycles. The summed E-state index contributed by atoms with van der Waals surface area (Å²) < 4.78 is 6.54. The van der Waals surface area contributed by atoms with Crippen LogP contribution in [0.5, 0.6) is 11.6 Å². The second kappa shape index (κ2) is 8.69. The van der Waals surface area contributed by atoms with Crippen LogP contribution in [-0.2, 0) is 11.3 Å². The highest BCUT2D eigenvalue weighted by atomic mass is 16.5. The van der Waals surface area contributed by atoms with Gasteiger partial charge in [0.1, 0.15) is 17.4 Å². The van der Waals surface area contributed by atoms with Crippen molar-refractivity contribution in [2.75, 3.05) is 32.8 Å². The Morgan fingerprint density at radius 1 is 1.21 bits per heavy atom.